The van der Waals surface area contributed by atoms with E-state index in [4.69, 9.17) is 11.6 Å². The van der Waals surface area contributed by atoms with Gasteiger partial charge in [0.25, 0.3) is 5.12 Å². The standard InChI is InChI=1S/C3H4ClFO3S/c4-2-1-3(6)9(5,7)8/h1-2H2. The molecule has 0 amide bonds. The molecule has 0 rings (SSSR count). The zero-order valence-electron chi connectivity index (χ0n) is 4.30. The second kappa shape index (κ2) is 3.12. The third-order valence-corrected chi connectivity index (χ3v) is 1.51. The fraction of sp³-hybridized carbons (Fsp3) is 0.667. The van der Waals surface area contributed by atoms with E-state index in [1.54, 1.807) is 0 Å². The van der Waals surface area contributed by atoms with E-state index >= 15 is 0 Å². The first-order valence-electron chi connectivity index (χ1n) is 2.02. The van der Waals surface area contributed by atoms with Crippen LogP contribution in [0.2, 0.25) is 0 Å². The lowest BCUT2D eigenvalue weighted by Gasteiger charge is -1.86. The molecule has 0 radical (unpaired) electrons. The van der Waals surface area contributed by atoms with Crippen LogP contribution in [0, 0.1) is 0 Å². The molecule has 0 bridgehead atoms. The van der Waals surface area contributed by atoms with Crippen molar-refractivity contribution in [1.29, 1.82) is 0 Å². The van der Waals surface area contributed by atoms with E-state index in [0.717, 1.165) is 0 Å². The molecule has 0 aliphatic carbocycles. The number of hydrogen-bond acceptors (Lipinski definition) is 3. The quantitative estimate of drug-likeness (QED) is 0.451. The van der Waals surface area contributed by atoms with Gasteiger partial charge in [0, 0.05) is 12.3 Å². The monoisotopic (exact) mass is 174 g/mol. The predicted molar refractivity (Wildman–Crippen MR) is 30.4 cm³/mol. The maximum absolute atomic E-state index is 11.5. The van der Waals surface area contributed by atoms with Crippen LogP contribution in [-0.4, -0.2) is 19.4 Å². The minimum Gasteiger partial charge on any atom is -0.279 e. The van der Waals surface area contributed by atoms with Crippen molar-refractivity contribution in [2.24, 2.45) is 0 Å². The topological polar surface area (TPSA) is 51.2 Å². The summed E-state index contributed by atoms with van der Waals surface area (Å²) in [5.41, 5.74) is 0. The maximum Gasteiger partial charge on any atom is 0.366 e. The first-order valence-corrected chi connectivity index (χ1v) is 3.93. The van der Waals surface area contributed by atoms with E-state index in [2.05, 4.69) is 0 Å². The summed E-state index contributed by atoms with van der Waals surface area (Å²) in [6.45, 7) is 0. The molecule has 0 saturated heterocycles. The first kappa shape index (κ1) is 8.84. The molecule has 9 heavy (non-hydrogen) atoms. The molecule has 0 fully saturated rings. The van der Waals surface area contributed by atoms with Gasteiger partial charge in [-0.25, -0.2) is 0 Å². The summed E-state index contributed by atoms with van der Waals surface area (Å²) in [6, 6.07) is 0. The van der Waals surface area contributed by atoms with Gasteiger partial charge in [-0.3, -0.25) is 4.79 Å². The van der Waals surface area contributed by atoms with Crippen molar-refractivity contribution < 1.29 is 17.1 Å². The summed E-state index contributed by atoms with van der Waals surface area (Å²) in [7, 11) is -4.99. The van der Waals surface area contributed by atoms with Crippen molar-refractivity contribution in [2.75, 3.05) is 5.88 Å². The molecule has 0 unspecified atom stereocenters. The molecule has 0 aliphatic heterocycles. The maximum atomic E-state index is 11.5. The Morgan fingerprint density at radius 1 is 1.56 bits per heavy atom. The molecule has 3 nitrogen and oxygen atoms in total. The van der Waals surface area contributed by atoms with Gasteiger partial charge in [-0.1, -0.05) is 3.89 Å². The van der Waals surface area contributed by atoms with Gasteiger partial charge in [0.2, 0.25) is 0 Å². The molecule has 54 valence electrons. The van der Waals surface area contributed by atoms with Crippen LogP contribution in [-0.2, 0) is 15.0 Å². The fourth-order valence-corrected chi connectivity index (χ4v) is 0.829. The Hall–Kier alpha value is -0.160. The Morgan fingerprint density at radius 3 is 2.11 bits per heavy atom. The minimum atomic E-state index is -4.99. The van der Waals surface area contributed by atoms with Gasteiger partial charge in [0.1, 0.15) is 0 Å². The zero-order chi connectivity index (χ0) is 7.49. The highest BCUT2D eigenvalue weighted by molar-refractivity contribution is 8.01. The lowest BCUT2D eigenvalue weighted by Crippen LogP contribution is -2.08. The molecular weight excluding hydrogens is 171 g/mol. The van der Waals surface area contributed by atoms with Crippen molar-refractivity contribution in [2.45, 2.75) is 6.42 Å². The second-order valence-corrected chi connectivity index (χ2v) is 2.96. The Labute approximate surface area is 57.0 Å². The van der Waals surface area contributed by atoms with E-state index in [0.29, 0.717) is 0 Å². The number of alkyl halides is 1. The molecule has 0 spiro atoms. The SMILES string of the molecule is O=C(CCCl)S(=O)(=O)F. The van der Waals surface area contributed by atoms with Gasteiger partial charge in [-0.05, 0) is 0 Å². The summed E-state index contributed by atoms with van der Waals surface area (Å²) in [6.07, 6.45) is -0.472. The molecule has 0 saturated carbocycles. The van der Waals surface area contributed by atoms with Crippen LogP contribution in [0.4, 0.5) is 3.89 Å². The fourth-order valence-electron chi connectivity index (χ4n) is 0.199. The van der Waals surface area contributed by atoms with Gasteiger partial charge in [-0.15, -0.1) is 11.6 Å². The van der Waals surface area contributed by atoms with Crippen LogP contribution >= 0.6 is 11.6 Å². The molecule has 0 aromatic carbocycles. The summed E-state index contributed by atoms with van der Waals surface area (Å²) >= 11 is 4.95. The van der Waals surface area contributed by atoms with Gasteiger partial charge in [0.05, 0.1) is 0 Å². The number of hydrogen-bond donors (Lipinski definition) is 0. The third-order valence-electron chi connectivity index (χ3n) is 0.571. The van der Waals surface area contributed by atoms with Gasteiger partial charge in [-0.2, -0.15) is 8.42 Å². The molecule has 0 atom stereocenters. The average Bonchev–Trinajstić information content (AvgIpc) is 1.64. The molecule has 0 aromatic heterocycles. The molecule has 0 aromatic rings. The Balaban J connectivity index is 4.08. The average molecular weight is 175 g/mol. The third kappa shape index (κ3) is 3.42. The summed E-state index contributed by atoms with van der Waals surface area (Å²) in [5.74, 6) is -0.179. The second-order valence-electron chi connectivity index (χ2n) is 1.25. The van der Waals surface area contributed by atoms with Crippen molar-refractivity contribution in [3.8, 4) is 0 Å². The molecular formula is C3H4ClFO3S. The molecule has 0 aliphatic rings. The highest BCUT2D eigenvalue weighted by atomic mass is 35.5. The van der Waals surface area contributed by atoms with E-state index in [1.165, 1.54) is 0 Å². The van der Waals surface area contributed by atoms with Crippen molar-refractivity contribution in [1.82, 2.24) is 0 Å². The van der Waals surface area contributed by atoms with E-state index in [1.807, 2.05) is 0 Å². The Bertz CT molecular complexity index is 197. The zero-order valence-corrected chi connectivity index (χ0v) is 5.88. The van der Waals surface area contributed by atoms with Crippen LogP contribution in [0.1, 0.15) is 6.42 Å². The number of halogens is 2. The van der Waals surface area contributed by atoms with Crippen LogP contribution in [0.3, 0.4) is 0 Å². The summed E-state index contributed by atoms with van der Waals surface area (Å²) < 4.78 is 30.8. The number of carbonyl (C=O) groups is 1. The highest BCUT2D eigenvalue weighted by Crippen LogP contribution is 1.98. The normalized spacial score (nSPS) is 11.3. The first-order chi connectivity index (χ1) is 3.98. The number of carbonyl (C=O) groups excluding carboxylic acids is 1. The Kier molecular flexibility index (Phi) is 3.07. The summed E-state index contributed by atoms with van der Waals surface area (Å²) in [4.78, 5) is 10.0. The summed E-state index contributed by atoms with van der Waals surface area (Å²) in [5, 5.41) is -1.46. The van der Waals surface area contributed by atoms with Gasteiger partial charge >= 0.3 is 10.2 Å². The van der Waals surface area contributed by atoms with Crippen LogP contribution in [0.15, 0.2) is 0 Å². The largest absolute Gasteiger partial charge is 0.366 e. The van der Waals surface area contributed by atoms with Crippen molar-refractivity contribution in [3.05, 3.63) is 0 Å². The number of rotatable bonds is 2. The Morgan fingerprint density at radius 2 is 2.00 bits per heavy atom. The van der Waals surface area contributed by atoms with Crippen LogP contribution < -0.4 is 0 Å². The molecule has 0 heterocycles. The highest BCUT2D eigenvalue weighted by Gasteiger charge is 2.18. The lowest BCUT2D eigenvalue weighted by molar-refractivity contribution is -0.111. The lowest BCUT2D eigenvalue weighted by atomic mass is 10.6. The van der Waals surface area contributed by atoms with E-state index in [-0.39, 0.29) is 5.88 Å². The van der Waals surface area contributed by atoms with Crippen LogP contribution in [0.25, 0.3) is 0 Å². The predicted octanol–water partition coefficient (Wildman–Crippen LogP) is 0.441. The van der Waals surface area contributed by atoms with Gasteiger partial charge in [0.15, 0.2) is 0 Å². The smallest absolute Gasteiger partial charge is 0.279 e. The van der Waals surface area contributed by atoms with Crippen molar-refractivity contribution in [3.63, 3.8) is 0 Å². The molecule has 0 N–H and O–H groups in total. The molecule has 6 heteroatoms. The van der Waals surface area contributed by atoms with E-state index < -0.39 is 21.8 Å². The van der Waals surface area contributed by atoms with Crippen molar-refractivity contribution >= 4 is 26.9 Å². The van der Waals surface area contributed by atoms with Crippen LogP contribution in [0.5, 0.6) is 0 Å². The van der Waals surface area contributed by atoms with E-state index in [9.17, 15) is 17.1 Å². The minimum absolute atomic E-state index is 0.179. The van der Waals surface area contributed by atoms with Gasteiger partial charge < -0.3 is 0 Å².